The summed E-state index contributed by atoms with van der Waals surface area (Å²) in [7, 11) is 8.15. The predicted octanol–water partition coefficient (Wildman–Crippen LogP) is 1.38. The summed E-state index contributed by atoms with van der Waals surface area (Å²) in [6.07, 6.45) is 7.59. The molecule has 1 heterocycles. The molecule has 10 heteroatoms. The molecule has 3 rings (SSSR count). The van der Waals surface area contributed by atoms with Crippen LogP contribution >= 0.6 is 0 Å². The van der Waals surface area contributed by atoms with E-state index in [-0.39, 0.29) is 44.7 Å². The van der Waals surface area contributed by atoms with Gasteiger partial charge in [0, 0.05) is 25.4 Å². The highest BCUT2D eigenvalue weighted by Crippen LogP contribution is 2.15. The molecule has 0 aliphatic rings. The summed E-state index contributed by atoms with van der Waals surface area (Å²) in [6, 6.07) is 3.87. The number of rotatable bonds is 14. The van der Waals surface area contributed by atoms with Crippen LogP contribution in [0.3, 0.4) is 0 Å². The van der Waals surface area contributed by atoms with Gasteiger partial charge in [-0.1, -0.05) is 12.8 Å². The highest BCUT2D eigenvalue weighted by molar-refractivity contribution is 6.06. The van der Waals surface area contributed by atoms with Gasteiger partial charge in [-0.25, -0.2) is 4.98 Å². The van der Waals surface area contributed by atoms with Crippen LogP contribution in [0.5, 0.6) is 5.75 Å². The van der Waals surface area contributed by atoms with Gasteiger partial charge in [-0.05, 0) is 79.1 Å². The number of aromatic hydroxyl groups is 1. The Kier molecular flexibility index (Phi) is 10.6. The zero-order chi connectivity index (χ0) is 27.7. The highest BCUT2D eigenvalue weighted by Gasteiger charge is 2.16. The molecule has 0 fully saturated rings. The summed E-state index contributed by atoms with van der Waals surface area (Å²) < 4.78 is 0. The Bertz CT molecular complexity index is 1420. The number of benzene rings is 2. The molecule has 0 spiro atoms. The maximum atomic E-state index is 12.9. The van der Waals surface area contributed by atoms with E-state index in [1.54, 1.807) is 6.20 Å². The third-order valence-electron chi connectivity index (χ3n) is 6.38. The van der Waals surface area contributed by atoms with Gasteiger partial charge in [0.25, 0.3) is 5.91 Å². The maximum Gasteiger partial charge on any atom is 0.253 e. The fourth-order valence-electron chi connectivity index (χ4n) is 4.29. The van der Waals surface area contributed by atoms with Gasteiger partial charge in [0.1, 0.15) is 22.3 Å². The average molecular weight is 525 g/mol. The van der Waals surface area contributed by atoms with Crippen molar-refractivity contribution in [1.82, 2.24) is 30.4 Å². The third kappa shape index (κ3) is 7.75. The van der Waals surface area contributed by atoms with Gasteiger partial charge in [-0.15, -0.1) is 0 Å². The van der Waals surface area contributed by atoms with E-state index in [4.69, 9.17) is 0 Å². The molecule has 0 bridgehead atoms. The second-order valence-corrected chi connectivity index (χ2v) is 10.2. The van der Waals surface area contributed by atoms with Crippen LogP contribution in [0.4, 0.5) is 0 Å². The van der Waals surface area contributed by atoms with Crippen LogP contribution in [0.15, 0.2) is 27.8 Å². The molecule has 0 aliphatic heterocycles. The first-order valence-electron chi connectivity index (χ1n) is 13.2. The highest BCUT2D eigenvalue weighted by atomic mass is 16.3. The van der Waals surface area contributed by atoms with Gasteiger partial charge in [0.05, 0.1) is 16.3 Å². The zero-order valence-corrected chi connectivity index (χ0v) is 22.9. The molecular formula is C28H40N6O4. The maximum absolute atomic E-state index is 12.9. The third-order valence-corrected chi connectivity index (χ3v) is 6.38. The number of nitrogens with one attached hydrogen (secondary N) is 3. The van der Waals surface area contributed by atoms with Crippen LogP contribution < -0.4 is 26.7 Å². The van der Waals surface area contributed by atoms with Crippen molar-refractivity contribution in [3.05, 3.63) is 49.4 Å². The van der Waals surface area contributed by atoms with E-state index < -0.39 is 5.43 Å². The lowest BCUT2D eigenvalue weighted by atomic mass is 10.1. The Morgan fingerprint density at radius 3 is 2.21 bits per heavy atom. The van der Waals surface area contributed by atoms with E-state index in [2.05, 4.69) is 30.4 Å². The molecule has 206 valence electrons. The monoisotopic (exact) mass is 524 g/mol. The first-order chi connectivity index (χ1) is 18.2. The molecule has 0 aliphatic carbocycles. The van der Waals surface area contributed by atoms with Gasteiger partial charge in [-0.3, -0.25) is 14.4 Å². The van der Waals surface area contributed by atoms with E-state index in [0.717, 1.165) is 57.7 Å². The van der Waals surface area contributed by atoms with Gasteiger partial charge in [0.15, 0.2) is 0 Å². The number of carbonyl (C=O) groups is 1. The topological polar surface area (TPSA) is 131 Å². The van der Waals surface area contributed by atoms with Crippen LogP contribution in [0.25, 0.3) is 28.3 Å². The molecule has 10 nitrogen and oxygen atoms in total. The summed E-state index contributed by atoms with van der Waals surface area (Å²) in [5.41, 5.74) is -0.0607. The number of carbonyl (C=O) groups excluding carboxylic acids is 1. The zero-order valence-electron chi connectivity index (χ0n) is 22.9. The predicted molar refractivity (Wildman–Crippen MR) is 153 cm³/mol. The van der Waals surface area contributed by atoms with Crippen molar-refractivity contribution in [2.45, 2.75) is 38.5 Å². The number of amides is 1. The first kappa shape index (κ1) is 29.1. The summed E-state index contributed by atoms with van der Waals surface area (Å²) in [5.74, 6) is -0.563. The quantitative estimate of drug-likeness (QED) is 0.184. The minimum Gasteiger partial charge on any atom is -0.507 e. The Balaban J connectivity index is 1.85. The smallest absolute Gasteiger partial charge is 0.253 e. The Morgan fingerprint density at radius 2 is 1.55 bits per heavy atom. The molecule has 0 radical (unpaired) electrons. The molecule has 1 amide bonds. The number of H-pyrrole nitrogens is 1. The fraction of sp³-hybridized carbons (Fsp3) is 0.500. The molecule has 1 aromatic heterocycles. The van der Waals surface area contributed by atoms with Crippen LogP contribution in [0.2, 0.25) is 0 Å². The molecule has 0 saturated carbocycles. The lowest BCUT2D eigenvalue weighted by Crippen LogP contribution is -2.26. The number of hydrogen-bond acceptors (Lipinski definition) is 8. The van der Waals surface area contributed by atoms with Crippen LogP contribution in [0.1, 0.15) is 48.9 Å². The number of phenols is 1. The second kappa shape index (κ2) is 13.9. The lowest BCUT2D eigenvalue weighted by Gasteiger charge is -2.11. The molecule has 38 heavy (non-hydrogen) atoms. The molecule has 4 N–H and O–H groups in total. The van der Waals surface area contributed by atoms with Crippen LogP contribution in [-0.2, 0) is 0 Å². The summed E-state index contributed by atoms with van der Waals surface area (Å²) >= 11 is 0. The number of unbranched alkanes of at least 4 members (excludes halogenated alkanes) is 4. The lowest BCUT2D eigenvalue weighted by molar-refractivity contribution is 0.0954. The van der Waals surface area contributed by atoms with Gasteiger partial charge >= 0.3 is 0 Å². The molecule has 0 atom stereocenters. The van der Waals surface area contributed by atoms with E-state index in [1.807, 2.05) is 28.2 Å². The number of aromatic amines is 1. The molecule has 3 aromatic rings. The SMILES string of the molecule is CN(C)CCCCCNC=c1c(O)cc(=O)c2[nH]c3c(C(=O)NCCCCCN(C)C)ccc(=O)c3nc12. The van der Waals surface area contributed by atoms with Crippen molar-refractivity contribution in [2.75, 3.05) is 54.4 Å². The first-order valence-corrected chi connectivity index (χ1v) is 13.2. The van der Waals surface area contributed by atoms with E-state index in [1.165, 1.54) is 12.1 Å². The molecule has 0 unspecified atom stereocenters. The van der Waals surface area contributed by atoms with Gasteiger partial charge in [0.2, 0.25) is 10.9 Å². The number of nitrogens with zero attached hydrogens (tertiary/aromatic N) is 3. The van der Waals surface area contributed by atoms with Crippen molar-refractivity contribution in [2.24, 2.45) is 0 Å². The molecule has 0 saturated heterocycles. The van der Waals surface area contributed by atoms with Crippen LogP contribution in [0, 0.1) is 0 Å². The fourth-order valence-corrected chi connectivity index (χ4v) is 4.29. The number of hydrogen-bond donors (Lipinski definition) is 4. The second-order valence-electron chi connectivity index (χ2n) is 10.2. The number of aromatic nitrogens is 2. The normalized spacial score (nSPS) is 12.2. The molecule has 2 aromatic carbocycles. The van der Waals surface area contributed by atoms with E-state index in [9.17, 15) is 19.5 Å². The summed E-state index contributed by atoms with van der Waals surface area (Å²) in [5, 5.41) is 16.9. The Labute approximate surface area is 222 Å². The number of phenolic OH excluding ortho intramolecular Hbond substituents is 1. The van der Waals surface area contributed by atoms with Crippen LogP contribution in [-0.4, -0.2) is 85.2 Å². The van der Waals surface area contributed by atoms with Crippen molar-refractivity contribution in [3.8, 4) is 5.75 Å². The average Bonchev–Trinajstić information content (AvgIpc) is 2.86. The largest absolute Gasteiger partial charge is 0.507 e. The van der Waals surface area contributed by atoms with Gasteiger partial charge in [-0.2, -0.15) is 0 Å². The Morgan fingerprint density at radius 1 is 0.895 bits per heavy atom. The number of fused-ring (bicyclic) bond motifs is 2. The molecular weight excluding hydrogens is 484 g/mol. The standard InChI is InChI=1S/C28H40N6O4/c1-33(2)15-9-5-7-13-29-18-20-22(36)17-23(37)27-25(20)32-26-21(35)12-11-19(24(26)31-27)28(38)30-14-8-6-10-16-34(3)4/h11-12,17-18,29,31,36H,5-10,13-16H2,1-4H3,(H,30,38). The minimum absolute atomic E-state index is 0.0412. The van der Waals surface area contributed by atoms with E-state index in [0.29, 0.717) is 18.3 Å². The van der Waals surface area contributed by atoms with Crippen molar-refractivity contribution >= 4 is 34.2 Å². The minimum atomic E-state index is -0.476. The van der Waals surface area contributed by atoms with Gasteiger partial charge < -0.3 is 30.5 Å². The van der Waals surface area contributed by atoms with Crippen molar-refractivity contribution in [1.29, 1.82) is 0 Å². The van der Waals surface area contributed by atoms with Crippen molar-refractivity contribution in [3.63, 3.8) is 0 Å². The summed E-state index contributed by atoms with van der Waals surface area (Å²) in [6.45, 7) is 3.23. The van der Waals surface area contributed by atoms with E-state index >= 15 is 0 Å². The Hall–Kier alpha value is -3.50. The summed E-state index contributed by atoms with van der Waals surface area (Å²) in [4.78, 5) is 50.1. The van der Waals surface area contributed by atoms with Crippen molar-refractivity contribution < 1.29 is 9.90 Å².